The van der Waals surface area contributed by atoms with E-state index in [9.17, 15) is 0 Å². The van der Waals surface area contributed by atoms with Crippen LogP contribution in [0, 0.1) is 0 Å². The Labute approximate surface area is 180 Å². The van der Waals surface area contributed by atoms with E-state index >= 15 is 0 Å². The second kappa shape index (κ2) is 9.45. The third kappa shape index (κ3) is 4.46. The van der Waals surface area contributed by atoms with E-state index in [-0.39, 0.29) is 0 Å². The zero-order chi connectivity index (χ0) is 20.8. The minimum atomic E-state index is 1.01. The van der Waals surface area contributed by atoms with Crippen LogP contribution in [0.2, 0.25) is 0 Å². The lowest BCUT2D eigenvalue weighted by atomic mass is 10.0. The molecular weight excluding hydrogens is 362 g/mol. The minimum absolute atomic E-state index is 1.01. The predicted molar refractivity (Wildman–Crippen MR) is 131 cm³/mol. The summed E-state index contributed by atoms with van der Waals surface area (Å²) in [5.41, 5.74) is 9.13. The summed E-state index contributed by atoms with van der Waals surface area (Å²) in [6, 6.07) is 19.5. The van der Waals surface area contributed by atoms with E-state index in [0.717, 1.165) is 19.3 Å². The molecule has 3 aromatic rings. The molecule has 0 saturated carbocycles. The predicted octanol–water partition coefficient (Wildman–Crippen LogP) is 8.03. The number of aromatic nitrogens is 1. The highest BCUT2D eigenvalue weighted by Crippen LogP contribution is 2.30. The molecule has 0 radical (unpaired) electrons. The van der Waals surface area contributed by atoms with Gasteiger partial charge in [0.15, 0.2) is 0 Å². The molecule has 1 nitrogen and oxygen atoms in total. The molecule has 0 saturated heterocycles. The first-order chi connectivity index (χ1) is 14.8. The minimum Gasteiger partial charge on any atom is -0.320 e. The molecule has 0 aliphatic heterocycles. The van der Waals surface area contributed by atoms with Gasteiger partial charge < -0.3 is 4.57 Å². The summed E-state index contributed by atoms with van der Waals surface area (Å²) in [5, 5.41) is 0. The molecule has 0 N–H and O–H groups in total. The molecule has 1 aliphatic carbocycles. The maximum Gasteiger partial charge on any atom is 0.0453 e. The third-order valence-corrected chi connectivity index (χ3v) is 5.60. The van der Waals surface area contributed by atoms with Gasteiger partial charge in [0.1, 0.15) is 0 Å². The van der Waals surface area contributed by atoms with Crippen molar-refractivity contribution in [2.24, 2.45) is 0 Å². The van der Waals surface area contributed by atoms with Crippen LogP contribution >= 0.6 is 0 Å². The molecule has 0 bridgehead atoms. The Morgan fingerprint density at radius 1 is 1.00 bits per heavy atom. The fourth-order valence-corrected chi connectivity index (χ4v) is 3.95. The van der Waals surface area contributed by atoms with Crippen LogP contribution in [0.15, 0.2) is 96.7 Å². The van der Waals surface area contributed by atoms with E-state index in [4.69, 9.17) is 0 Å². The van der Waals surface area contributed by atoms with Crippen LogP contribution in [0.25, 0.3) is 29.0 Å². The summed E-state index contributed by atoms with van der Waals surface area (Å²) >= 11 is 0. The summed E-state index contributed by atoms with van der Waals surface area (Å²) in [6.07, 6.45) is 21.0. The Hall–Kier alpha value is -3.32. The average molecular weight is 392 g/mol. The molecule has 2 aromatic carbocycles. The van der Waals surface area contributed by atoms with Gasteiger partial charge in [0, 0.05) is 28.7 Å². The van der Waals surface area contributed by atoms with Gasteiger partial charge >= 0.3 is 0 Å². The molecule has 0 fully saturated rings. The van der Waals surface area contributed by atoms with Crippen LogP contribution in [0.1, 0.15) is 43.5 Å². The lowest BCUT2D eigenvalue weighted by Crippen LogP contribution is -2.02. The number of hydrogen-bond donors (Lipinski definition) is 0. The highest BCUT2D eigenvalue weighted by Gasteiger charge is 2.15. The monoisotopic (exact) mass is 391 g/mol. The number of hydrogen-bond acceptors (Lipinski definition) is 0. The van der Waals surface area contributed by atoms with Gasteiger partial charge in [0.2, 0.25) is 0 Å². The molecule has 1 heteroatoms. The molecule has 0 atom stereocenters. The summed E-state index contributed by atoms with van der Waals surface area (Å²) in [4.78, 5) is 0. The Morgan fingerprint density at radius 2 is 1.77 bits per heavy atom. The Bertz CT molecular complexity index is 1100. The van der Waals surface area contributed by atoms with Crippen molar-refractivity contribution in [3.8, 4) is 16.8 Å². The normalized spacial score (nSPS) is 14.0. The largest absolute Gasteiger partial charge is 0.320 e. The van der Waals surface area contributed by atoms with Gasteiger partial charge in [-0.2, -0.15) is 0 Å². The fraction of sp³-hybridized carbons (Fsp3) is 0.172. The average Bonchev–Trinajstić information content (AvgIpc) is 3.17. The van der Waals surface area contributed by atoms with Crippen LogP contribution in [-0.4, -0.2) is 4.57 Å². The second-order valence-electron chi connectivity index (χ2n) is 7.81. The van der Waals surface area contributed by atoms with Gasteiger partial charge in [0.25, 0.3) is 0 Å². The van der Waals surface area contributed by atoms with E-state index in [0.29, 0.717) is 0 Å². The first kappa shape index (κ1) is 20.0. The molecule has 30 heavy (non-hydrogen) atoms. The second-order valence-corrected chi connectivity index (χ2v) is 7.81. The molecule has 150 valence electrons. The van der Waals surface area contributed by atoms with Gasteiger partial charge in [-0.1, -0.05) is 90.6 Å². The lowest BCUT2D eigenvalue weighted by Gasteiger charge is -2.13. The van der Waals surface area contributed by atoms with Gasteiger partial charge in [-0.05, 0) is 56.4 Å². The van der Waals surface area contributed by atoms with Crippen LogP contribution in [0.4, 0.5) is 0 Å². The molecule has 0 amide bonds. The molecule has 1 aliphatic rings. The van der Waals surface area contributed by atoms with Crippen LogP contribution in [0.3, 0.4) is 0 Å². The van der Waals surface area contributed by atoms with Crippen molar-refractivity contribution in [2.75, 3.05) is 0 Å². The maximum atomic E-state index is 2.36. The van der Waals surface area contributed by atoms with Crippen molar-refractivity contribution < 1.29 is 0 Å². The number of nitrogens with zero attached hydrogens (tertiary/aromatic N) is 1. The van der Waals surface area contributed by atoms with Gasteiger partial charge in [0.05, 0.1) is 0 Å². The van der Waals surface area contributed by atoms with Gasteiger partial charge in [-0.3, -0.25) is 0 Å². The van der Waals surface area contributed by atoms with Gasteiger partial charge in [-0.25, -0.2) is 0 Å². The topological polar surface area (TPSA) is 4.93 Å². The van der Waals surface area contributed by atoms with Crippen LogP contribution in [0.5, 0.6) is 0 Å². The van der Waals surface area contributed by atoms with Crippen molar-refractivity contribution in [1.82, 2.24) is 4.57 Å². The highest BCUT2D eigenvalue weighted by atomic mass is 15.0. The molecule has 0 unspecified atom stereocenters. The molecule has 0 spiro atoms. The molecule has 4 rings (SSSR count). The summed E-state index contributed by atoms with van der Waals surface area (Å²) in [7, 11) is 0. The van der Waals surface area contributed by atoms with Crippen LogP contribution in [-0.2, 0) is 6.42 Å². The number of allylic oxidation sites excluding steroid dienone is 6. The van der Waals surface area contributed by atoms with E-state index in [1.165, 1.54) is 39.2 Å². The van der Waals surface area contributed by atoms with Crippen molar-refractivity contribution in [3.05, 3.63) is 114 Å². The molecule has 1 aromatic heterocycles. The fourth-order valence-electron chi connectivity index (χ4n) is 3.95. The summed E-state index contributed by atoms with van der Waals surface area (Å²) in [5.74, 6) is 0. The lowest BCUT2D eigenvalue weighted by molar-refractivity contribution is 0.875. The van der Waals surface area contributed by atoms with E-state index in [2.05, 4.69) is 122 Å². The van der Waals surface area contributed by atoms with E-state index in [1.807, 2.05) is 0 Å². The van der Waals surface area contributed by atoms with Crippen molar-refractivity contribution >= 4 is 12.2 Å². The number of fused-ring (bicyclic) bond motifs is 1. The standard InChI is InChI=1S/C29H29N/c1-3-4-11-23(2)12-10-15-26-22-30(29-17-9-8-16-28(26)29)27-20-18-25(19-21-27)24-13-6-5-7-14-24/h3-8,10,12-16,18-22H,9,11,17H2,1-2H3/b4-3-,15-10-,23-12+. The smallest absolute Gasteiger partial charge is 0.0453 e. The van der Waals surface area contributed by atoms with Crippen molar-refractivity contribution in [2.45, 2.75) is 33.1 Å². The molecular formula is C29H29N. The number of rotatable bonds is 6. The molecule has 1 heterocycles. The SMILES string of the molecule is C/C=C\C/C(C)=C/C=C\c1cn(-c2ccc(-c3ccccc3)cc2)c2c1C=CCC2. The van der Waals surface area contributed by atoms with Crippen LogP contribution < -0.4 is 0 Å². The first-order valence-corrected chi connectivity index (χ1v) is 10.8. The third-order valence-electron chi connectivity index (χ3n) is 5.60. The van der Waals surface area contributed by atoms with Gasteiger partial charge in [-0.15, -0.1) is 0 Å². The Morgan fingerprint density at radius 3 is 2.53 bits per heavy atom. The number of benzene rings is 2. The summed E-state index contributed by atoms with van der Waals surface area (Å²) < 4.78 is 2.36. The van der Waals surface area contributed by atoms with Crippen molar-refractivity contribution in [3.63, 3.8) is 0 Å². The first-order valence-electron chi connectivity index (χ1n) is 10.8. The zero-order valence-electron chi connectivity index (χ0n) is 17.9. The maximum absolute atomic E-state index is 2.36. The highest BCUT2D eigenvalue weighted by molar-refractivity contribution is 5.71. The Kier molecular flexibility index (Phi) is 6.29. The van der Waals surface area contributed by atoms with E-state index in [1.54, 1.807) is 0 Å². The Balaban J connectivity index is 1.64. The van der Waals surface area contributed by atoms with Crippen molar-refractivity contribution in [1.29, 1.82) is 0 Å². The summed E-state index contributed by atoms with van der Waals surface area (Å²) in [6.45, 7) is 4.25. The van der Waals surface area contributed by atoms with E-state index < -0.39 is 0 Å². The quantitative estimate of drug-likeness (QED) is 0.296. The zero-order valence-corrected chi connectivity index (χ0v) is 17.9.